The van der Waals surface area contributed by atoms with Gasteiger partial charge in [0.15, 0.2) is 5.13 Å². The van der Waals surface area contributed by atoms with Crippen LogP contribution in [0.25, 0.3) is 10.6 Å². The molecule has 2 aliphatic rings. The van der Waals surface area contributed by atoms with E-state index in [0.29, 0.717) is 11.2 Å². The van der Waals surface area contributed by atoms with E-state index < -0.39 is 0 Å². The second-order valence-electron chi connectivity index (χ2n) is 5.35. The molecule has 4 heterocycles. The zero-order chi connectivity index (χ0) is 13.7. The van der Waals surface area contributed by atoms with Crippen molar-refractivity contribution in [3.63, 3.8) is 0 Å². The van der Waals surface area contributed by atoms with Crippen LogP contribution in [0.3, 0.4) is 0 Å². The molecule has 2 fully saturated rings. The number of nitrogen functional groups attached to an aromatic ring is 1. The van der Waals surface area contributed by atoms with Crippen LogP contribution in [0.1, 0.15) is 6.42 Å². The summed E-state index contributed by atoms with van der Waals surface area (Å²) in [5, 5.41) is 8.11. The first-order valence-electron chi connectivity index (χ1n) is 6.70. The van der Waals surface area contributed by atoms with Crippen LogP contribution in [0.15, 0.2) is 11.4 Å². The van der Waals surface area contributed by atoms with E-state index in [4.69, 9.17) is 17.3 Å². The van der Waals surface area contributed by atoms with Gasteiger partial charge < -0.3 is 16.0 Å². The molecular formula is C13H15ClN4S2. The first-order chi connectivity index (χ1) is 9.70. The molecule has 4 nitrogen and oxygen atoms in total. The van der Waals surface area contributed by atoms with Gasteiger partial charge >= 0.3 is 0 Å². The summed E-state index contributed by atoms with van der Waals surface area (Å²) in [5.74, 6) is 0.762. The van der Waals surface area contributed by atoms with E-state index >= 15 is 0 Å². The molecule has 3 N–H and O–H groups in total. The van der Waals surface area contributed by atoms with Crippen LogP contribution in [-0.2, 0) is 0 Å². The van der Waals surface area contributed by atoms with Crippen LogP contribution in [0.4, 0.5) is 10.1 Å². The van der Waals surface area contributed by atoms with Crippen molar-refractivity contribution in [2.75, 3.05) is 30.3 Å². The molecule has 20 heavy (non-hydrogen) atoms. The summed E-state index contributed by atoms with van der Waals surface area (Å²) in [5.41, 5.74) is 6.93. The minimum absolute atomic E-state index is 0.623. The molecule has 0 bridgehead atoms. The fourth-order valence-electron chi connectivity index (χ4n) is 3.16. The zero-order valence-electron chi connectivity index (χ0n) is 10.8. The lowest BCUT2D eigenvalue weighted by atomic mass is 10.1. The molecule has 0 aliphatic carbocycles. The van der Waals surface area contributed by atoms with Gasteiger partial charge in [-0.05, 0) is 24.9 Å². The lowest BCUT2D eigenvalue weighted by Gasteiger charge is -2.18. The van der Waals surface area contributed by atoms with Gasteiger partial charge in [0, 0.05) is 24.5 Å². The summed E-state index contributed by atoms with van der Waals surface area (Å²) < 4.78 is 0. The molecular weight excluding hydrogens is 312 g/mol. The van der Waals surface area contributed by atoms with Gasteiger partial charge in [0.2, 0.25) is 0 Å². The average Bonchev–Trinajstić information content (AvgIpc) is 3.09. The summed E-state index contributed by atoms with van der Waals surface area (Å²) in [6.45, 7) is 3.31. The minimum atomic E-state index is 0.623. The quantitative estimate of drug-likeness (QED) is 0.891. The van der Waals surface area contributed by atoms with Crippen molar-refractivity contribution in [1.82, 2.24) is 10.3 Å². The molecule has 0 saturated carbocycles. The van der Waals surface area contributed by atoms with Crippen molar-refractivity contribution in [2.45, 2.75) is 12.5 Å². The molecule has 106 valence electrons. The predicted molar refractivity (Wildman–Crippen MR) is 87.0 cm³/mol. The van der Waals surface area contributed by atoms with E-state index in [1.807, 2.05) is 11.4 Å². The van der Waals surface area contributed by atoms with E-state index in [-0.39, 0.29) is 0 Å². The highest BCUT2D eigenvalue weighted by Gasteiger charge is 2.37. The standard InChI is InChI=1S/C13H15ClN4S2/c14-8-3-10(19-6-8)11-12(20-13(15)17-11)18-4-7-1-2-16-9(7)5-18/h3,6-7,9,16H,1-2,4-5H2,(H2,15,17)/t7-,9+/m1/s1. The van der Waals surface area contributed by atoms with E-state index in [0.717, 1.165) is 41.1 Å². The summed E-state index contributed by atoms with van der Waals surface area (Å²) in [7, 11) is 0. The molecule has 2 atom stereocenters. The molecule has 0 unspecified atom stereocenters. The number of fused-ring (bicyclic) bond motifs is 1. The normalized spacial score (nSPS) is 25.4. The van der Waals surface area contributed by atoms with Gasteiger partial charge in [0.25, 0.3) is 0 Å². The number of rotatable bonds is 2. The van der Waals surface area contributed by atoms with Gasteiger partial charge in [0.1, 0.15) is 10.7 Å². The third kappa shape index (κ3) is 2.11. The molecule has 7 heteroatoms. The van der Waals surface area contributed by atoms with Crippen molar-refractivity contribution in [1.29, 1.82) is 0 Å². The number of nitrogens with one attached hydrogen (secondary N) is 1. The Morgan fingerprint density at radius 3 is 3.10 bits per heavy atom. The van der Waals surface area contributed by atoms with Gasteiger partial charge in [-0.3, -0.25) is 0 Å². The number of thiophene rings is 1. The number of nitrogens with zero attached hydrogens (tertiary/aromatic N) is 2. The highest BCUT2D eigenvalue weighted by molar-refractivity contribution is 7.20. The van der Waals surface area contributed by atoms with Gasteiger partial charge in [-0.15, -0.1) is 11.3 Å². The maximum absolute atomic E-state index is 6.04. The molecule has 2 aromatic heterocycles. The Morgan fingerprint density at radius 1 is 1.45 bits per heavy atom. The van der Waals surface area contributed by atoms with Crippen LogP contribution in [0.2, 0.25) is 5.02 Å². The SMILES string of the molecule is Nc1nc(-c2cc(Cl)cs2)c(N2C[C@H]3CCN[C@H]3C2)s1. The second-order valence-corrected chi connectivity index (χ2v) is 7.71. The summed E-state index contributed by atoms with van der Waals surface area (Å²) >= 11 is 9.25. The number of halogens is 1. The van der Waals surface area contributed by atoms with Gasteiger partial charge in [-0.25, -0.2) is 4.98 Å². The maximum Gasteiger partial charge on any atom is 0.182 e. The largest absolute Gasteiger partial charge is 0.375 e. The van der Waals surface area contributed by atoms with E-state index in [1.165, 1.54) is 11.4 Å². The lowest BCUT2D eigenvalue weighted by Crippen LogP contribution is -2.29. The van der Waals surface area contributed by atoms with Crippen LogP contribution in [-0.4, -0.2) is 30.7 Å². The van der Waals surface area contributed by atoms with Crippen LogP contribution >= 0.6 is 34.3 Å². The van der Waals surface area contributed by atoms with Gasteiger partial charge in [-0.2, -0.15) is 0 Å². The van der Waals surface area contributed by atoms with Crippen molar-refractivity contribution in [3.05, 3.63) is 16.5 Å². The van der Waals surface area contributed by atoms with Crippen molar-refractivity contribution in [2.24, 2.45) is 5.92 Å². The molecule has 0 radical (unpaired) electrons. The number of aromatic nitrogens is 1. The molecule has 0 aromatic carbocycles. The van der Waals surface area contributed by atoms with Crippen molar-refractivity contribution >= 4 is 44.4 Å². The summed E-state index contributed by atoms with van der Waals surface area (Å²) in [6.07, 6.45) is 1.27. The third-order valence-corrected chi connectivity index (χ3v) is 6.31. The minimum Gasteiger partial charge on any atom is -0.375 e. The number of anilines is 2. The Balaban J connectivity index is 1.68. The predicted octanol–water partition coefficient (Wildman–Crippen LogP) is 2.91. The monoisotopic (exact) mass is 326 g/mol. The fourth-order valence-corrected chi connectivity index (χ4v) is 5.15. The smallest absolute Gasteiger partial charge is 0.182 e. The highest BCUT2D eigenvalue weighted by atomic mass is 35.5. The lowest BCUT2D eigenvalue weighted by molar-refractivity contribution is 0.556. The molecule has 2 saturated heterocycles. The van der Waals surface area contributed by atoms with Crippen LogP contribution in [0, 0.1) is 5.92 Å². The maximum atomic E-state index is 6.04. The Hall–Kier alpha value is -0.820. The van der Waals surface area contributed by atoms with Crippen LogP contribution < -0.4 is 16.0 Å². The first kappa shape index (κ1) is 12.9. The summed E-state index contributed by atoms with van der Waals surface area (Å²) in [6, 6.07) is 2.59. The van der Waals surface area contributed by atoms with Gasteiger partial charge in [0.05, 0.1) is 9.90 Å². The van der Waals surface area contributed by atoms with E-state index in [1.54, 1.807) is 22.7 Å². The Kier molecular flexibility index (Phi) is 3.14. The average molecular weight is 327 g/mol. The molecule has 0 spiro atoms. The van der Waals surface area contributed by atoms with Crippen molar-refractivity contribution < 1.29 is 0 Å². The Bertz CT molecular complexity index is 626. The number of thiazole rings is 1. The molecule has 2 aliphatic heterocycles. The third-order valence-electron chi connectivity index (χ3n) is 4.08. The van der Waals surface area contributed by atoms with E-state index in [9.17, 15) is 0 Å². The van der Waals surface area contributed by atoms with Gasteiger partial charge in [-0.1, -0.05) is 22.9 Å². The topological polar surface area (TPSA) is 54.2 Å². The zero-order valence-corrected chi connectivity index (χ0v) is 13.2. The van der Waals surface area contributed by atoms with Crippen LogP contribution in [0.5, 0.6) is 0 Å². The number of nitrogens with two attached hydrogens (primary N) is 1. The Morgan fingerprint density at radius 2 is 2.35 bits per heavy atom. The van der Waals surface area contributed by atoms with Crippen molar-refractivity contribution in [3.8, 4) is 10.6 Å². The molecule has 4 rings (SSSR count). The number of hydrogen-bond donors (Lipinski definition) is 2. The number of hydrogen-bond acceptors (Lipinski definition) is 6. The first-order valence-corrected chi connectivity index (χ1v) is 8.77. The molecule has 2 aromatic rings. The highest BCUT2D eigenvalue weighted by Crippen LogP contribution is 2.43. The Labute approximate surface area is 130 Å². The molecule has 0 amide bonds. The second kappa shape index (κ2) is 4.87. The van der Waals surface area contributed by atoms with E-state index in [2.05, 4.69) is 15.2 Å². The fraction of sp³-hybridized carbons (Fsp3) is 0.462. The summed E-state index contributed by atoms with van der Waals surface area (Å²) in [4.78, 5) is 8.05.